The number of carbonyl (C=O) groups is 2. The van der Waals surface area contributed by atoms with E-state index in [4.69, 9.17) is 11.6 Å². The highest BCUT2D eigenvalue weighted by atomic mass is 35.5. The summed E-state index contributed by atoms with van der Waals surface area (Å²) < 4.78 is 0. The van der Waals surface area contributed by atoms with Crippen LogP contribution in [0.3, 0.4) is 0 Å². The van der Waals surface area contributed by atoms with Gasteiger partial charge in [-0.2, -0.15) is 0 Å². The maximum atomic E-state index is 12.5. The molecule has 0 spiro atoms. The number of carbonyl (C=O) groups excluding carboxylic acids is 2. The van der Waals surface area contributed by atoms with Gasteiger partial charge in [-0.15, -0.1) is 0 Å². The van der Waals surface area contributed by atoms with Gasteiger partial charge in [0, 0.05) is 17.5 Å². The molecule has 2 aromatic carbocycles. The van der Waals surface area contributed by atoms with E-state index in [1.807, 2.05) is 30.3 Å². The Labute approximate surface area is 127 Å². The largest absolute Gasteiger partial charge is 0.274 e. The van der Waals surface area contributed by atoms with Crippen molar-refractivity contribution in [2.24, 2.45) is 0 Å². The van der Waals surface area contributed by atoms with E-state index in [9.17, 15) is 9.59 Å². The number of nitrogens with zero attached hydrogens (tertiary/aromatic N) is 1. The van der Waals surface area contributed by atoms with Crippen molar-refractivity contribution in [2.75, 3.05) is 4.90 Å². The van der Waals surface area contributed by atoms with Crippen LogP contribution in [0.25, 0.3) is 11.6 Å². The molecule has 0 saturated carbocycles. The maximum Gasteiger partial charge on any atom is 0.265 e. The first-order chi connectivity index (χ1) is 10.1. The van der Waals surface area contributed by atoms with Gasteiger partial charge in [0.05, 0.1) is 11.3 Å². The summed E-state index contributed by atoms with van der Waals surface area (Å²) >= 11 is 5.86. The normalized spacial score (nSPS) is 15.4. The zero-order chi connectivity index (χ0) is 15.0. The lowest BCUT2D eigenvalue weighted by molar-refractivity contribution is -0.122. The lowest BCUT2D eigenvalue weighted by Gasteiger charge is -2.11. The minimum atomic E-state index is -0.293. The van der Waals surface area contributed by atoms with E-state index in [1.54, 1.807) is 24.3 Å². The smallest absolute Gasteiger partial charge is 0.265 e. The lowest BCUT2D eigenvalue weighted by Crippen LogP contribution is -2.30. The minimum absolute atomic E-state index is 0.285. The average molecular weight is 298 g/mol. The molecular weight excluding hydrogens is 286 g/mol. The summed E-state index contributed by atoms with van der Waals surface area (Å²) in [5.74, 6) is -0.578. The molecule has 0 radical (unpaired) electrons. The number of fused-ring (bicyclic) bond motifs is 1. The number of para-hydroxylation sites is 1. The van der Waals surface area contributed by atoms with Crippen molar-refractivity contribution in [3.63, 3.8) is 0 Å². The molecule has 21 heavy (non-hydrogen) atoms. The number of imide groups is 1. The Bertz CT molecular complexity index is 763. The second-order valence-electron chi connectivity index (χ2n) is 4.79. The van der Waals surface area contributed by atoms with E-state index in [1.165, 1.54) is 11.8 Å². The van der Waals surface area contributed by atoms with Gasteiger partial charge in [-0.25, -0.2) is 4.90 Å². The molecule has 0 bridgehead atoms. The van der Waals surface area contributed by atoms with Crippen LogP contribution in [0, 0.1) is 0 Å². The fraction of sp³-hybridized carbons (Fsp3) is 0.0588. The van der Waals surface area contributed by atoms with E-state index in [2.05, 4.69) is 0 Å². The summed E-state index contributed by atoms with van der Waals surface area (Å²) in [5, 5.41) is 0.640. The molecule has 0 N–H and O–H groups in total. The summed E-state index contributed by atoms with van der Waals surface area (Å²) in [5.41, 5.74) is 2.79. The molecule has 0 aliphatic carbocycles. The van der Waals surface area contributed by atoms with Gasteiger partial charge in [-0.05, 0) is 29.8 Å². The van der Waals surface area contributed by atoms with E-state index in [-0.39, 0.29) is 11.8 Å². The molecule has 104 valence electrons. The van der Waals surface area contributed by atoms with Crippen molar-refractivity contribution >= 4 is 40.8 Å². The second kappa shape index (κ2) is 5.19. The zero-order valence-corrected chi connectivity index (χ0v) is 12.1. The third kappa shape index (κ3) is 2.36. The monoisotopic (exact) mass is 297 g/mol. The zero-order valence-electron chi connectivity index (χ0n) is 11.3. The van der Waals surface area contributed by atoms with Crippen molar-refractivity contribution in [1.29, 1.82) is 0 Å². The molecule has 1 aliphatic rings. The highest BCUT2D eigenvalue weighted by Gasteiger charge is 2.34. The van der Waals surface area contributed by atoms with E-state index in [0.717, 1.165) is 11.1 Å². The molecule has 0 fully saturated rings. The van der Waals surface area contributed by atoms with Crippen LogP contribution in [0.15, 0.2) is 48.5 Å². The molecule has 3 nitrogen and oxygen atoms in total. The van der Waals surface area contributed by atoms with E-state index in [0.29, 0.717) is 16.3 Å². The van der Waals surface area contributed by atoms with Crippen LogP contribution in [0.4, 0.5) is 5.69 Å². The molecule has 4 heteroatoms. The lowest BCUT2D eigenvalue weighted by atomic mass is 10.0. The van der Waals surface area contributed by atoms with Crippen LogP contribution < -0.4 is 4.90 Å². The van der Waals surface area contributed by atoms with Crippen molar-refractivity contribution in [3.05, 3.63) is 64.7 Å². The van der Waals surface area contributed by atoms with Crippen LogP contribution in [-0.2, 0) is 9.59 Å². The molecule has 0 unspecified atom stereocenters. The summed E-state index contributed by atoms with van der Waals surface area (Å²) in [6.45, 7) is 1.39. The Kier molecular flexibility index (Phi) is 3.35. The number of hydrogen-bond donors (Lipinski definition) is 0. The average Bonchev–Trinajstić information content (AvgIpc) is 2.74. The Balaban J connectivity index is 2.13. The number of hydrogen-bond acceptors (Lipinski definition) is 2. The van der Waals surface area contributed by atoms with Crippen molar-refractivity contribution in [3.8, 4) is 0 Å². The molecular formula is C17H12ClNO2. The molecule has 1 aliphatic heterocycles. The Morgan fingerprint density at radius 3 is 2.43 bits per heavy atom. The first-order valence-electron chi connectivity index (χ1n) is 6.49. The predicted octanol–water partition coefficient (Wildman–Crippen LogP) is 3.77. The first kappa shape index (κ1) is 13.6. The third-order valence-corrected chi connectivity index (χ3v) is 3.62. The van der Waals surface area contributed by atoms with Crippen LogP contribution in [-0.4, -0.2) is 11.8 Å². The summed E-state index contributed by atoms with van der Waals surface area (Å²) in [6.07, 6.45) is 1.78. The number of amides is 2. The van der Waals surface area contributed by atoms with Gasteiger partial charge in [0.25, 0.3) is 5.91 Å². The number of halogens is 1. The topological polar surface area (TPSA) is 37.4 Å². The number of anilines is 1. The van der Waals surface area contributed by atoms with E-state index < -0.39 is 0 Å². The van der Waals surface area contributed by atoms with Crippen LogP contribution in [0.2, 0.25) is 5.02 Å². The Morgan fingerprint density at radius 1 is 1.10 bits per heavy atom. The minimum Gasteiger partial charge on any atom is -0.274 e. The maximum absolute atomic E-state index is 12.5. The molecule has 2 aromatic rings. The van der Waals surface area contributed by atoms with Gasteiger partial charge in [0.2, 0.25) is 5.91 Å². The number of benzene rings is 2. The van der Waals surface area contributed by atoms with Gasteiger partial charge in [-0.1, -0.05) is 41.9 Å². The standard InChI is InChI=1S/C17H12ClNO2/c1-11(20)19-16-5-3-2-4-14(16)15(17(19)21)10-12-6-8-13(18)9-7-12/h2-10H,1H3/b15-10+. The fourth-order valence-corrected chi connectivity index (χ4v) is 2.55. The highest BCUT2D eigenvalue weighted by Crippen LogP contribution is 2.37. The SMILES string of the molecule is CC(=O)N1C(=O)/C(=C/c2ccc(Cl)cc2)c2ccccc21. The molecule has 3 rings (SSSR count). The van der Waals surface area contributed by atoms with Crippen LogP contribution in [0.1, 0.15) is 18.1 Å². The Hall–Kier alpha value is -2.39. The molecule has 0 atom stereocenters. The summed E-state index contributed by atoms with van der Waals surface area (Å²) in [4.78, 5) is 25.4. The third-order valence-electron chi connectivity index (χ3n) is 3.36. The quantitative estimate of drug-likeness (QED) is 0.751. The van der Waals surface area contributed by atoms with E-state index >= 15 is 0 Å². The van der Waals surface area contributed by atoms with Gasteiger partial charge in [0.15, 0.2) is 0 Å². The molecule has 0 saturated heterocycles. The van der Waals surface area contributed by atoms with Gasteiger partial charge < -0.3 is 0 Å². The Morgan fingerprint density at radius 2 is 1.76 bits per heavy atom. The van der Waals surface area contributed by atoms with Gasteiger partial charge >= 0.3 is 0 Å². The van der Waals surface area contributed by atoms with Crippen LogP contribution >= 0.6 is 11.6 Å². The van der Waals surface area contributed by atoms with Crippen LogP contribution in [0.5, 0.6) is 0 Å². The van der Waals surface area contributed by atoms with Crippen molar-refractivity contribution in [1.82, 2.24) is 0 Å². The fourth-order valence-electron chi connectivity index (χ4n) is 2.42. The summed E-state index contributed by atoms with van der Waals surface area (Å²) in [7, 11) is 0. The first-order valence-corrected chi connectivity index (χ1v) is 6.87. The van der Waals surface area contributed by atoms with Gasteiger partial charge in [-0.3, -0.25) is 9.59 Å². The summed E-state index contributed by atoms with van der Waals surface area (Å²) in [6, 6.07) is 14.5. The number of rotatable bonds is 1. The molecule has 0 aromatic heterocycles. The second-order valence-corrected chi connectivity index (χ2v) is 5.22. The molecule has 1 heterocycles. The van der Waals surface area contributed by atoms with Gasteiger partial charge in [0.1, 0.15) is 0 Å². The molecule has 2 amide bonds. The van der Waals surface area contributed by atoms with Crippen molar-refractivity contribution < 1.29 is 9.59 Å². The highest BCUT2D eigenvalue weighted by molar-refractivity contribution is 6.42. The predicted molar refractivity (Wildman–Crippen MR) is 83.9 cm³/mol. The van der Waals surface area contributed by atoms with Crippen molar-refractivity contribution in [2.45, 2.75) is 6.92 Å².